The number of ether oxygens (including phenoxy) is 2. The SMILES string of the molecule is O=C(NCCSCc1cccs1)c1cc(Cl)c2c(c1)OCO2. The zero-order valence-electron chi connectivity index (χ0n) is 11.6. The Morgan fingerprint density at radius 2 is 2.32 bits per heavy atom. The van der Waals surface area contributed by atoms with Gasteiger partial charge in [-0.2, -0.15) is 11.8 Å². The second-order valence-corrected chi connectivity index (χ2v) is 7.12. The molecule has 0 atom stereocenters. The molecule has 116 valence electrons. The summed E-state index contributed by atoms with van der Waals surface area (Å²) in [7, 11) is 0. The Hall–Kier alpha value is -1.37. The molecule has 0 bridgehead atoms. The number of hydrogen-bond acceptors (Lipinski definition) is 5. The first-order valence-corrected chi connectivity index (χ1v) is 9.13. The van der Waals surface area contributed by atoms with Crippen LogP contribution < -0.4 is 14.8 Å². The fourth-order valence-corrected chi connectivity index (χ4v) is 3.97. The van der Waals surface area contributed by atoms with E-state index < -0.39 is 0 Å². The van der Waals surface area contributed by atoms with Gasteiger partial charge in [0.15, 0.2) is 11.5 Å². The van der Waals surface area contributed by atoms with Gasteiger partial charge in [0, 0.05) is 28.5 Å². The zero-order chi connectivity index (χ0) is 15.4. The number of rotatable bonds is 6. The number of carbonyl (C=O) groups is 1. The van der Waals surface area contributed by atoms with Gasteiger partial charge in [-0.1, -0.05) is 17.7 Å². The van der Waals surface area contributed by atoms with Crippen molar-refractivity contribution >= 4 is 40.6 Å². The van der Waals surface area contributed by atoms with Crippen molar-refractivity contribution in [3.63, 3.8) is 0 Å². The van der Waals surface area contributed by atoms with Crippen molar-refractivity contribution in [2.75, 3.05) is 19.1 Å². The van der Waals surface area contributed by atoms with Crippen molar-refractivity contribution in [1.29, 1.82) is 0 Å². The van der Waals surface area contributed by atoms with Gasteiger partial charge in [0.05, 0.1) is 5.02 Å². The van der Waals surface area contributed by atoms with Crippen LogP contribution in [0.4, 0.5) is 0 Å². The molecule has 2 heterocycles. The second kappa shape index (κ2) is 7.26. The number of hydrogen-bond donors (Lipinski definition) is 1. The normalized spacial score (nSPS) is 12.4. The minimum absolute atomic E-state index is 0.138. The van der Waals surface area contributed by atoms with E-state index in [0.717, 1.165) is 11.5 Å². The molecule has 1 aromatic carbocycles. The van der Waals surface area contributed by atoms with Crippen LogP contribution in [-0.2, 0) is 5.75 Å². The number of thioether (sulfide) groups is 1. The smallest absolute Gasteiger partial charge is 0.251 e. The van der Waals surface area contributed by atoms with Crippen LogP contribution in [0.5, 0.6) is 11.5 Å². The first-order valence-electron chi connectivity index (χ1n) is 6.71. The van der Waals surface area contributed by atoms with E-state index >= 15 is 0 Å². The van der Waals surface area contributed by atoms with Gasteiger partial charge in [0.2, 0.25) is 6.79 Å². The summed E-state index contributed by atoms with van der Waals surface area (Å²) in [5.41, 5.74) is 0.484. The molecule has 1 N–H and O–H groups in total. The van der Waals surface area contributed by atoms with Gasteiger partial charge in [-0.25, -0.2) is 0 Å². The quantitative estimate of drug-likeness (QED) is 0.801. The van der Waals surface area contributed by atoms with Gasteiger partial charge in [-0.3, -0.25) is 4.79 Å². The largest absolute Gasteiger partial charge is 0.454 e. The molecule has 7 heteroatoms. The lowest BCUT2D eigenvalue weighted by Crippen LogP contribution is -2.25. The van der Waals surface area contributed by atoms with Crippen LogP contribution in [0, 0.1) is 0 Å². The van der Waals surface area contributed by atoms with Crippen molar-refractivity contribution in [3.8, 4) is 11.5 Å². The van der Waals surface area contributed by atoms with Crippen molar-refractivity contribution in [2.45, 2.75) is 5.75 Å². The number of fused-ring (bicyclic) bond motifs is 1. The topological polar surface area (TPSA) is 47.6 Å². The first kappa shape index (κ1) is 15.5. The van der Waals surface area contributed by atoms with Gasteiger partial charge >= 0.3 is 0 Å². The van der Waals surface area contributed by atoms with Crippen molar-refractivity contribution in [1.82, 2.24) is 5.32 Å². The molecule has 0 spiro atoms. The van der Waals surface area contributed by atoms with E-state index in [4.69, 9.17) is 21.1 Å². The van der Waals surface area contributed by atoms with Crippen LogP contribution in [-0.4, -0.2) is 25.0 Å². The lowest BCUT2D eigenvalue weighted by molar-refractivity contribution is 0.0955. The summed E-state index contributed by atoms with van der Waals surface area (Å²) in [6.45, 7) is 0.750. The van der Waals surface area contributed by atoms with Gasteiger partial charge < -0.3 is 14.8 Å². The number of carbonyl (C=O) groups excluding carboxylic acids is 1. The van der Waals surface area contributed by atoms with Gasteiger partial charge in [0.25, 0.3) is 5.91 Å². The van der Waals surface area contributed by atoms with Crippen molar-refractivity contribution in [3.05, 3.63) is 45.1 Å². The Labute approximate surface area is 141 Å². The van der Waals surface area contributed by atoms with Crippen molar-refractivity contribution in [2.24, 2.45) is 0 Å². The molecule has 0 unspecified atom stereocenters. The number of thiophene rings is 1. The van der Waals surface area contributed by atoms with Gasteiger partial charge in [-0.15, -0.1) is 11.3 Å². The van der Waals surface area contributed by atoms with Crippen LogP contribution in [0.2, 0.25) is 5.02 Å². The molecule has 1 amide bonds. The van der Waals surface area contributed by atoms with Crippen LogP contribution in [0.15, 0.2) is 29.6 Å². The lowest BCUT2D eigenvalue weighted by atomic mass is 10.2. The highest BCUT2D eigenvalue weighted by Gasteiger charge is 2.20. The van der Waals surface area contributed by atoms with Crippen molar-refractivity contribution < 1.29 is 14.3 Å². The predicted molar refractivity (Wildman–Crippen MR) is 90.4 cm³/mol. The minimum Gasteiger partial charge on any atom is -0.454 e. The minimum atomic E-state index is -0.156. The summed E-state index contributed by atoms with van der Waals surface area (Å²) >= 11 is 9.62. The Morgan fingerprint density at radius 3 is 3.14 bits per heavy atom. The number of benzene rings is 1. The summed E-state index contributed by atoms with van der Waals surface area (Å²) < 4.78 is 10.5. The highest BCUT2D eigenvalue weighted by atomic mass is 35.5. The first-order chi connectivity index (χ1) is 10.7. The molecule has 0 aliphatic carbocycles. The Morgan fingerprint density at radius 1 is 1.41 bits per heavy atom. The summed E-state index contributed by atoms with van der Waals surface area (Å²) in [6, 6.07) is 7.42. The van der Waals surface area contributed by atoms with E-state index in [0.29, 0.717) is 28.6 Å². The van der Waals surface area contributed by atoms with E-state index in [1.807, 2.05) is 6.07 Å². The maximum atomic E-state index is 12.1. The molecule has 4 nitrogen and oxygen atoms in total. The Kier molecular flexibility index (Phi) is 5.12. The number of amides is 1. The van der Waals surface area contributed by atoms with E-state index in [9.17, 15) is 4.79 Å². The maximum Gasteiger partial charge on any atom is 0.251 e. The highest BCUT2D eigenvalue weighted by molar-refractivity contribution is 7.98. The summed E-state index contributed by atoms with van der Waals surface area (Å²) in [6.07, 6.45) is 0. The van der Waals surface area contributed by atoms with E-state index in [1.165, 1.54) is 4.88 Å². The lowest BCUT2D eigenvalue weighted by Gasteiger charge is -2.07. The summed E-state index contributed by atoms with van der Waals surface area (Å²) in [4.78, 5) is 13.5. The predicted octanol–water partition coefficient (Wildman–Crippen LogP) is 3.79. The fourth-order valence-electron chi connectivity index (χ4n) is 2.00. The average Bonchev–Trinajstić information content (AvgIpc) is 3.17. The Balaban J connectivity index is 1.47. The molecule has 0 saturated heterocycles. The third-order valence-corrected chi connectivity index (χ3v) is 5.39. The molecule has 2 aromatic rings. The van der Waals surface area contributed by atoms with E-state index in [1.54, 1.807) is 35.2 Å². The molecule has 1 aliphatic rings. The molecule has 22 heavy (non-hydrogen) atoms. The third-order valence-electron chi connectivity index (χ3n) is 3.05. The standard InChI is InChI=1S/C15H14ClNO3S2/c16-12-6-10(7-13-14(12)20-9-19-13)15(18)17-3-5-21-8-11-2-1-4-22-11/h1-2,4,6-7H,3,5,8-9H2,(H,17,18). The number of nitrogens with one attached hydrogen (secondary N) is 1. The zero-order valence-corrected chi connectivity index (χ0v) is 14.0. The molecule has 0 radical (unpaired) electrons. The van der Waals surface area contributed by atoms with Crippen LogP contribution in [0.1, 0.15) is 15.2 Å². The molecule has 0 saturated carbocycles. The maximum absolute atomic E-state index is 12.1. The highest BCUT2D eigenvalue weighted by Crippen LogP contribution is 2.39. The molecule has 1 aromatic heterocycles. The molecular weight excluding hydrogens is 342 g/mol. The molecule has 0 fully saturated rings. The third kappa shape index (κ3) is 3.69. The molecule has 3 rings (SSSR count). The summed E-state index contributed by atoms with van der Waals surface area (Å²) in [5, 5.41) is 5.35. The molecular formula is C15H14ClNO3S2. The monoisotopic (exact) mass is 355 g/mol. The average molecular weight is 356 g/mol. The molecule has 1 aliphatic heterocycles. The van der Waals surface area contributed by atoms with Gasteiger partial charge in [-0.05, 0) is 23.6 Å². The van der Waals surface area contributed by atoms with E-state index in [-0.39, 0.29) is 12.7 Å². The van der Waals surface area contributed by atoms with E-state index in [2.05, 4.69) is 16.8 Å². The number of halogens is 1. The van der Waals surface area contributed by atoms with Gasteiger partial charge in [0.1, 0.15) is 0 Å². The van der Waals surface area contributed by atoms with Crippen LogP contribution >= 0.6 is 34.7 Å². The second-order valence-electron chi connectivity index (χ2n) is 4.58. The fraction of sp³-hybridized carbons (Fsp3) is 0.267. The van der Waals surface area contributed by atoms with Crippen LogP contribution in [0.3, 0.4) is 0 Å². The van der Waals surface area contributed by atoms with Crippen LogP contribution in [0.25, 0.3) is 0 Å². The Bertz CT molecular complexity index is 661. The summed E-state index contributed by atoms with van der Waals surface area (Å²) in [5.74, 6) is 2.71.